The molecule has 0 radical (unpaired) electrons. The van der Waals surface area contributed by atoms with Gasteiger partial charge in [-0.25, -0.2) is 4.98 Å². The van der Waals surface area contributed by atoms with E-state index in [1.54, 1.807) is 13.3 Å². The second-order valence-electron chi connectivity index (χ2n) is 5.73. The maximum absolute atomic E-state index is 5.47. The third-order valence-corrected chi connectivity index (χ3v) is 4.14. The minimum Gasteiger partial charge on any atom is -0.493 e. The molecule has 0 saturated carbocycles. The molecule has 0 spiro atoms. The zero-order valence-corrected chi connectivity index (χ0v) is 13.9. The van der Waals surface area contributed by atoms with Crippen LogP contribution in [0.3, 0.4) is 0 Å². The van der Waals surface area contributed by atoms with Gasteiger partial charge in [-0.05, 0) is 29.3 Å². The van der Waals surface area contributed by atoms with Gasteiger partial charge in [0.15, 0.2) is 11.5 Å². The molecule has 25 heavy (non-hydrogen) atoms. The summed E-state index contributed by atoms with van der Waals surface area (Å²) < 4.78 is 18.3. The molecule has 6 heteroatoms. The zero-order chi connectivity index (χ0) is 17.1. The van der Waals surface area contributed by atoms with Crippen LogP contribution in [-0.4, -0.2) is 23.5 Å². The van der Waals surface area contributed by atoms with Crippen molar-refractivity contribution in [1.82, 2.24) is 14.9 Å². The summed E-state index contributed by atoms with van der Waals surface area (Å²) in [5.74, 6) is 2.11. The van der Waals surface area contributed by atoms with E-state index in [0.29, 0.717) is 18.0 Å². The number of hydrogen-bond donors (Lipinski definition) is 1. The van der Waals surface area contributed by atoms with Gasteiger partial charge in [-0.15, -0.1) is 0 Å². The minimum atomic E-state index is 0.237. The highest BCUT2D eigenvalue weighted by Crippen LogP contribution is 2.41. The van der Waals surface area contributed by atoms with Crippen molar-refractivity contribution in [3.05, 3.63) is 66.2 Å². The Morgan fingerprint density at radius 1 is 1.20 bits per heavy atom. The number of imidazole rings is 1. The first-order chi connectivity index (χ1) is 12.3. The monoisotopic (exact) mass is 337 g/mol. The lowest BCUT2D eigenvalue weighted by Gasteiger charge is -2.12. The van der Waals surface area contributed by atoms with Crippen molar-refractivity contribution in [1.29, 1.82) is 0 Å². The molecular weight excluding hydrogens is 318 g/mol. The molecule has 1 aromatic heterocycles. The van der Waals surface area contributed by atoms with Gasteiger partial charge >= 0.3 is 0 Å². The van der Waals surface area contributed by atoms with Crippen LogP contribution in [0.2, 0.25) is 0 Å². The normalized spacial score (nSPS) is 12.4. The molecule has 4 rings (SSSR count). The molecule has 0 fully saturated rings. The number of methoxy groups -OCH3 is 1. The Labute approximate surface area is 146 Å². The highest BCUT2D eigenvalue weighted by Gasteiger charge is 2.19. The number of fused-ring (bicyclic) bond motifs is 1. The first kappa shape index (κ1) is 15.5. The molecule has 0 amide bonds. The number of rotatable bonds is 6. The Morgan fingerprint density at radius 3 is 2.96 bits per heavy atom. The van der Waals surface area contributed by atoms with Gasteiger partial charge in [-0.1, -0.05) is 18.2 Å². The van der Waals surface area contributed by atoms with Crippen molar-refractivity contribution in [2.24, 2.45) is 0 Å². The average Bonchev–Trinajstić information content (AvgIpc) is 3.33. The third kappa shape index (κ3) is 3.16. The van der Waals surface area contributed by atoms with Crippen molar-refractivity contribution in [3.63, 3.8) is 0 Å². The summed E-state index contributed by atoms with van der Waals surface area (Å²) in [6, 6.07) is 12.2. The summed E-state index contributed by atoms with van der Waals surface area (Å²) >= 11 is 0. The lowest BCUT2D eigenvalue weighted by Crippen LogP contribution is -2.14. The van der Waals surface area contributed by atoms with Gasteiger partial charge < -0.3 is 24.1 Å². The van der Waals surface area contributed by atoms with Crippen molar-refractivity contribution in [2.45, 2.75) is 13.1 Å². The maximum Gasteiger partial charge on any atom is 0.231 e. The quantitative estimate of drug-likeness (QED) is 0.749. The number of nitrogens with zero attached hydrogens (tertiary/aromatic N) is 2. The van der Waals surface area contributed by atoms with Crippen LogP contribution in [0.5, 0.6) is 17.2 Å². The van der Waals surface area contributed by atoms with Crippen LogP contribution in [-0.2, 0) is 13.1 Å². The largest absolute Gasteiger partial charge is 0.493 e. The molecule has 1 N–H and O–H groups in total. The van der Waals surface area contributed by atoms with E-state index in [4.69, 9.17) is 14.2 Å². The van der Waals surface area contributed by atoms with E-state index < -0.39 is 0 Å². The van der Waals surface area contributed by atoms with E-state index in [2.05, 4.69) is 22.4 Å². The van der Waals surface area contributed by atoms with Crippen LogP contribution in [0.15, 0.2) is 55.1 Å². The van der Waals surface area contributed by atoms with E-state index in [-0.39, 0.29) is 6.79 Å². The number of benzene rings is 2. The van der Waals surface area contributed by atoms with Crippen molar-refractivity contribution < 1.29 is 14.2 Å². The van der Waals surface area contributed by atoms with Crippen LogP contribution < -0.4 is 19.5 Å². The molecule has 6 nitrogen and oxygen atoms in total. The first-order valence-electron chi connectivity index (χ1n) is 8.08. The van der Waals surface area contributed by atoms with Crippen molar-refractivity contribution in [3.8, 4) is 22.9 Å². The fourth-order valence-corrected chi connectivity index (χ4v) is 2.94. The molecule has 0 aliphatic carbocycles. The molecule has 0 atom stereocenters. The number of ether oxygens (including phenoxy) is 3. The molecule has 0 unspecified atom stereocenters. The fraction of sp³-hybridized carbons (Fsp3) is 0.211. The summed E-state index contributed by atoms with van der Waals surface area (Å²) in [5, 5.41) is 3.48. The predicted molar refractivity (Wildman–Crippen MR) is 93.2 cm³/mol. The second-order valence-corrected chi connectivity index (χ2v) is 5.73. The molecule has 1 aliphatic heterocycles. The average molecular weight is 337 g/mol. The standard InChI is InChI=1S/C19H19N3O3/c1-23-17-8-14(9-18-19(17)25-13-24-18)10-21-11-15-4-2-3-5-16(15)22-7-6-20-12-22/h2-9,12,21H,10-11,13H2,1H3. The van der Waals surface area contributed by atoms with E-state index >= 15 is 0 Å². The van der Waals surface area contributed by atoms with E-state index in [1.807, 2.05) is 41.4 Å². The van der Waals surface area contributed by atoms with Gasteiger partial charge in [0.2, 0.25) is 12.5 Å². The van der Waals surface area contributed by atoms with Crippen LogP contribution >= 0.6 is 0 Å². The van der Waals surface area contributed by atoms with Crippen molar-refractivity contribution >= 4 is 0 Å². The van der Waals surface area contributed by atoms with Gasteiger partial charge in [0.05, 0.1) is 19.1 Å². The molecule has 128 valence electrons. The van der Waals surface area contributed by atoms with Gasteiger partial charge in [0.1, 0.15) is 0 Å². The van der Waals surface area contributed by atoms with Crippen molar-refractivity contribution in [2.75, 3.05) is 13.9 Å². The summed E-state index contributed by atoms with van der Waals surface area (Å²) in [4.78, 5) is 4.12. The van der Waals surface area contributed by atoms with Crippen LogP contribution in [0, 0.1) is 0 Å². The van der Waals surface area contributed by atoms with Crippen LogP contribution in [0.4, 0.5) is 0 Å². The number of aromatic nitrogens is 2. The summed E-state index contributed by atoms with van der Waals surface area (Å²) in [6.07, 6.45) is 5.53. The number of para-hydroxylation sites is 1. The Morgan fingerprint density at radius 2 is 2.12 bits per heavy atom. The molecule has 3 aromatic rings. The highest BCUT2D eigenvalue weighted by molar-refractivity contribution is 5.55. The molecule has 2 aromatic carbocycles. The molecular formula is C19H19N3O3. The van der Waals surface area contributed by atoms with Gasteiger partial charge in [-0.3, -0.25) is 0 Å². The third-order valence-electron chi connectivity index (χ3n) is 4.14. The predicted octanol–water partition coefficient (Wildman–Crippen LogP) is 2.90. The zero-order valence-electron chi connectivity index (χ0n) is 13.9. The lowest BCUT2D eigenvalue weighted by atomic mass is 10.1. The number of nitrogens with one attached hydrogen (secondary N) is 1. The first-order valence-corrected chi connectivity index (χ1v) is 8.08. The summed E-state index contributed by atoms with van der Waals surface area (Å²) in [5.41, 5.74) is 3.41. The second kappa shape index (κ2) is 6.86. The highest BCUT2D eigenvalue weighted by atomic mass is 16.7. The Bertz CT molecular complexity index is 862. The van der Waals surface area contributed by atoms with Gasteiger partial charge in [0, 0.05) is 25.5 Å². The van der Waals surface area contributed by atoms with E-state index in [0.717, 1.165) is 23.5 Å². The smallest absolute Gasteiger partial charge is 0.231 e. The summed E-state index contributed by atoms with van der Waals surface area (Å²) in [6.45, 7) is 1.68. The Hall–Kier alpha value is -2.99. The molecule has 1 aliphatic rings. The Kier molecular flexibility index (Phi) is 4.26. The van der Waals surface area contributed by atoms with E-state index in [9.17, 15) is 0 Å². The molecule has 0 bridgehead atoms. The molecule has 0 saturated heterocycles. The lowest BCUT2D eigenvalue weighted by molar-refractivity contribution is 0.171. The van der Waals surface area contributed by atoms with Gasteiger partial charge in [-0.2, -0.15) is 0 Å². The van der Waals surface area contributed by atoms with E-state index in [1.165, 1.54) is 5.56 Å². The Balaban J connectivity index is 1.47. The fourth-order valence-electron chi connectivity index (χ4n) is 2.94. The minimum absolute atomic E-state index is 0.237. The maximum atomic E-state index is 5.47. The van der Waals surface area contributed by atoms with Gasteiger partial charge in [0.25, 0.3) is 0 Å². The topological polar surface area (TPSA) is 57.5 Å². The molecule has 2 heterocycles. The number of hydrogen-bond acceptors (Lipinski definition) is 5. The SMILES string of the molecule is COc1cc(CNCc2ccccc2-n2ccnc2)cc2c1OCO2. The van der Waals surface area contributed by atoms with Crippen LogP contribution in [0.1, 0.15) is 11.1 Å². The van der Waals surface area contributed by atoms with Crippen LogP contribution in [0.25, 0.3) is 5.69 Å². The summed E-state index contributed by atoms with van der Waals surface area (Å²) in [7, 11) is 1.63.